The fourth-order valence-electron chi connectivity index (χ4n) is 2.71. The van der Waals surface area contributed by atoms with Crippen LogP contribution in [0.1, 0.15) is 34.7 Å². The number of sulfonamides is 1. The van der Waals surface area contributed by atoms with E-state index in [-0.39, 0.29) is 0 Å². The molecule has 1 N–H and O–H groups in total. The van der Waals surface area contributed by atoms with Crippen LogP contribution < -0.4 is 4.72 Å². The van der Waals surface area contributed by atoms with Crippen molar-refractivity contribution < 1.29 is 8.42 Å². The Kier molecular flexibility index (Phi) is 4.61. The number of anilines is 1. The summed E-state index contributed by atoms with van der Waals surface area (Å²) in [6, 6.07) is 9.55. The molecule has 4 heteroatoms. The molecule has 2 rings (SSSR count). The van der Waals surface area contributed by atoms with Gasteiger partial charge in [-0.15, -0.1) is 0 Å². The van der Waals surface area contributed by atoms with Gasteiger partial charge in [0.25, 0.3) is 10.0 Å². The van der Waals surface area contributed by atoms with E-state index in [0.29, 0.717) is 10.6 Å². The first-order valence-electron chi connectivity index (χ1n) is 7.46. The average Bonchev–Trinajstić information content (AvgIpc) is 2.45. The van der Waals surface area contributed by atoms with E-state index in [1.807, 2.05) is 65.0 Å². The van der Waals surface area contributed by atoms with E-state index in [1.54, 1.807) is 0 Å². The van der Waals surface area contributed by atoms with E-state index in [1.165, 1.54) is 0 Å². The zero-order valence-corrected chi connectivity index (χ0v) is 14.6. The molecule has 3 nitrogen and oxygen atoms in total. The Morgan fingerprint density at radius 2 is 1.50 bits per heavy atom. The molecular weight excluding hydrogens is 294 g/mol. The highest BCUT2D eigenvalue weighted by Gasteiger charge is 2.22. The Hall–Kier alpha value is -1.81. The van der Waals surface area contributed by atoms with Gasteiger partial charge in [0, 0.05) is 0 Å². The monoisotopic (exact) mass is 317 g/mol. The highest BCUT2D eigenvalue weighted by atomic mass is 32.2. The van der Waals surface area contributed by atoms with E-state index in [9.17, 15) is 8.42 Å². The fraction of sp³-hybridized carbons (Fsp3) is 0.333. The number of hydrogen-bond donors (Lipinski definition) is 1. The van der Waals surface area contributed by atoms with Gasteiger partial charge in [-0.25, -0.2) is 8.42 Å². The van der Waals surface area contributed by atoms with Crippen LogP contribution in [0.5, 0.6) is 0 Å². The van der Waals surface area contributed by atoms with Crippen molar-refractivity contribution in [2.24, 2.45) is 0 Å². The fourth-order valence-corrected chi connectivity index (χ4v) is 4.43. The van der Waals surface area contributed by atoms with Gasteiger partial charge >= 0.3 is 0 Å². The maximum absolute atomic E-state index is 12.9. The van der Waals surface area contributed by atoms with Crippen LogP contribution in [0.25, 0.3) is 0 Å². The molecule has 0 saturated heterocycles. The van der Waals surface area contributed by atoms with Crippen LogP contribution in [-0.4, -0.2) is 8.42 Å². The SMILES string of the molecule is CCc1ccccc1NS(=O)(=O)c1c(C)c(C)cc(C)c1C. The second-order valence-electron chi connectivity index (χ2n) is 5.71. The number of para-hydroxylation sites is 1. The molecule has 0 amide bonds. The summed E-state index contributed by atoms with van der Waals surface area (Å²) in [5.74, 6) is 0. The van der Waals surface area contributed by atoms with Crippen molar-refractivity contribution >= 4 is 15.7 Å². The quantitative estimate of drug-likeness (QED) is 0.914. The van der Waals surface area contributed by atoms with Crippen LogP contribution in [0.3, 0.4) is 0 Å². The molecule has 0 unspecified atom stereocenters. The van der Waals surface area contributed by atoms with E-state index in [2.05, 4.69) is 4.72 Å². The van der Waals surface area contributed by atoms with Crippen molar-refractivity contribution in [1.82, 2.24) is 0 Å². The van der Waals surface area contributed by atoms with Crippen LogP contribution in [-0.2, 0) is 16.4 Å². The molecule has 118 valence electrons. The minimum atomic E-state index is -3.60. The molecule has 0 fully saturated rings. The third-order valence-corrected chi connectivity index (χ3v) is 5.85. The van der Waals surface area contributed by atoms with Crippen molar-refractivity contribution in [3.05, 3.63) is 58.1 Å². The van der Waals surface area contributed by atoms with Crippen molar-refractivity contribution in [3.63, 3.8) is 0 Å². The predicted octanol–water partition coefficient (Wildman–Crippen LogP) is 4.28. The molecule has 2 aromatic rings. The number of benzene rings is 2. The van der Waals surface area contributed by atoms with Crippen LogP contribution in [0, 0.1) is 27.7 Å². The predicted molar refractivity (Wildman–Crippen MR) is 92.0 cm³/mol. The summed E-state index contributed by atoms with van der Waals surface area (Å²) < 4.78 is 28.6. The standard InChI is InChI=1S/C18H23NO2S/c1-6-16-9-7-8-10-17(16)19-22(20,21)18-14(4)12(2)11-13(3)15(18)5/h7-11,19H,6H2,1-5H3. The molecule has 0 saturated carbocycles. The van der Waals surface area contributed by atoms with E-state index in [0.717, 1.165) is 34.2 Å². The molecule has 0 atom stereocenters. The summed E-state index contributed by atoms with van der Waals surface area (Å²) in [6.45, 7) is 9.63. The molecular formula is C18H23NO2S. The molecule has 0 radical (unpaired) electrons. The van der Waals surface area contributed by atoms with Gasteiger partial charge in [0.05, 0.1) is 10.6 Å². The Balaban J connectivity index is 2.57. The summed E-state index contributed by atoms with van der Waals surface area (Å²) in [6.07, 6.45) is 0.781. The maximum Gasteiger partial charge on any atom is 0.262 e. The van der Waals surface area contributed by atoms with Gasteiger partial charge in [0.15, 0.2) is 0 Å². The van der Waals surface area contributed by atoms with Crippen LogP contribution in [0.4, 0.5) is 5.69 Å². The van der Waals surface area contributed by atoms with E-state index < -0.39 is 10.0 Å². The Morgan fingerprint density at radius 3 is 2.05 bits per heavy atom. The van der Waals surface area contributed by atoms with Gasteiger partial charge in [0.2, 0.25) is 0 Å². The van der Waals surface area contributed by atoms with Crippen LogP contribution in [0.15, 0.2) is 35.2 Å². The smallest absolute Gasteiger partial charge is 0.262 e. The minimum Gasteiger partial charge on any atom is -0.279 e. The highest BCUT2D eigenvalue weighted by molar-refractivity contribution is 7.92. The molecule has 0 aliphatic heterocycles. The normalized spacial score (nSPS) is 11.5. The molecule has 0 heterocycles. The first-order valence-corrected chi connectivity index (χ1v) is 8.94. The van der Waals surface area contributed by atoms with Gasteiger partial charge < -0.3 is 0 Å². The van der Waals surface area contributed by atoms with Gasteiger partial charge in [-0.3, -0.25) is 4.72 Å². The first-order chi connectivity index (χ1) is 10.3. The van der Waals surface area contributed by atoms with Crippen molar-refractivity contribution in [2.75, 3.05) is 4.72 Å². The van der Waals surface area contributed by atoms with Crippen molar-refractivity contribution in [1.29, 1.82) is 0 Å². The number of aryl methyl sites for hydroxylation is 3. The Morgan fingerprint density at radius 1 is 0.955 bits per heavy atom. The second kappa shape index (κ2) is 6.13. The van der Waals surface area contributed by atoms with Gasteiger partial charge in [-0.05, 0) is 68.0 Å². The summed E-state index contributed by atoms with van der Waals surface area (Å²) in [5, 5.41) is 0. The molecule has 22 heavy (non-hydrogen) atoms. The first kappa shape index (κ1) is 16.6. The maximum atomic E-state index is 12.9. The minimum absolute atomic E-state index is 0.399. The third-order valence-electron chi connectivity index (χ3n) is 4.21. The Labute approximate surface area is 133 Å². The molecule has 0 aromatic heterocycles. The highest BCUT2D eigenvalue weighted by Crippen LogP contribution is 2.28. The van der Waals surface area contributed by atoms with Gasteiger partial charge in [-0.1, -0.05) is 31.2 Å². The Bertz CT molecular complexity index is 782. The number of rotatable bonds is 4. The van der Waals surface area contributed by atoms with Gasteiger partial charge in [0.1, 0.15) is 0 Å². The molecule has 0 bridgehead atoms. The average molecular weight is 317 g/mol. The number of hydrogen-bond acceptors (Lipinski definition) is 2. The summed E-state index contributed by atoms with van der Waals surface area (Å²) in [7, 11) is -3.60. The van der Waals surface area contributed by atoms with Crippen molar-refractivity contribution in [3.8, 4) is 0 Å². The molecule has 0 aliphatic rings. The van der Waals surface area contributed by atoms with Gasteiger partial charge in [-0.2, -0.15) is 0 Å². The second-order valence-corrected chi connectivity index (χ2v) is 7.32. The lowest BCUT2D eigenvalue weighted by molar-refractivity contribution is 0.599. The zero-order valence-electron chi connectivity index (χ0n) is 13.8. The zero-order chi connectivity index (χ0) is 16.5. The number of nitrogens with one attached hydrogen (secondary N) is 1. The lowest BCUT2D eigenvalue weighted by Crippen LogP contribution is -2.17. The summed E-state index contributed by atoms with van der Waals surface area (Å²) in [5.41, 5.74) is 5.25. The molecule has 2 aromatic carbocycles. The third kappa shape index (κ3) is 3.02. The summed E-state index contributed by atoms with van der Waals surface area (Å²) in [4.78, 5) is 0.399. The van der Waals surface area contributed by atoms with Crippen LogP contribution >= 0.6 is 0 Å². The van der Waals surface area contributed by atoms with E-state index in [4.69, 9.17) is 0 Å². The lowest BCUT2D eigenvalue weighted by atomic mass is 10.0. The van der Waals surface area contributed by atoms with Crippen molar-refractivity contribution in [2.45, 2.75) is 45.9 Å². The van der Waals surface area contributed by atoms with Crippen LogP contribution in [0.2, 0.25) is 0 Å². The lowest BCUT2D eigenvalue weighted by Gasteiger charge is -2.18. The largest absolute Gasteiger partial charge is 0.279 e. The summed E-state index contributed by atoms with van der Waals surface area (Å²) >= 11 is 0. The topological polar surface area (TPSA) is 46.2 Å². The van der Waals surface area contributed by atoms with E-state index >= 15 is 0 Å². The molecule has 0 aliphatic carbocycles. The molecule has 0 spiro atoms.